The van der Waals surface area contributed by atoms with E-state index in [9.17, 15) is 13.2 Å². The van der Waals surface area contributed by atoms with Crippen LogP contribution in [0.2, 0.25) is 0 Å². The lowest BCUT2D eigenvalue weighted by atomic mass is 10.0. The van der Waals surface area contributed by atoms with Crippen molar-refractivity contribution >= 4 is 5.69 Å². The zero-order valence-electron chi connectivity index (χ0n) is 10.6. The summed E-state index contributed by atoms with van der Waals surface area (Å²) in [6.45, 7) is 4.96. The van der Waals surface area contributed by atoms with Crippen LogP contribution in [0.3, 0.4) is 0 Å². The smallest absolute Gasteiger partial charge is 0.365 e. The van der Waals surface area contributed by atoms with Crippen molar-refractivity contribution in [1.29, 1.82) is 0 Å². The monoisotopic (exact) mass is 245 g/mol. The van der Waals surface area contributed by atoms with E-state index in [1.807, 2.05) is 39.0 Å². The maximum atomic E-state index is 12.3. The number of alkyl halides is 3. The third-order valence-electron chi connectivity index (χ3n) is 2.73. The van der Waals surface area contributed by atoms with E-state index in [0.717, 1.165) is 11.1 Å². The first kappa shape index (κ1) is 13.9. The third kappa shape index (κ3) is 3.95. The van der Waals surface area contributed by atoms with Gasteiger partial charge in [-0.2, -0.15) is 13.2 Å². The van der Waals surface area contributed by atoms with E-state index in [4.69, 9.17) is 0 Å². The fourth-order valence-corrected chi connectivity index (χ4v) is 1.75. The van der Waals surface area contributed by atoms with Crippen LogP contribution in [0.15, 0.2) is 18.2 Å². The van der Waals surface area contributed by atoms with Crippen LogP contribution in [0.1, 0.15) is 30.9 Å². The van der Waals surface area contributed by atoms with Gasteiger partial charge in [0.05, 0.1) is 0 Å². The van der Waals surface area contributed by atoms with E-state index in [1.54, 1.807) is 0 Å². The normalized spacial score (nSPS) is 12.0. The lowest BCUT2D eigenvalue weighted by Gasteiger charge is -2.24. The molecule has 0 saturated heterocycles. The zero-order chi connectivity index (χ0) is 13.2. The van der Waals surface area contributed by atoms with Crippen molar-refractivity contribution in [2.45, 2.75) is 32.9 Å². The first-order valence-electron chi connectivity index (χ1n) is 5.59. The molecule has 0 aliphatic rings. The van der Waals surface area contributed by atoms with Crippen LogP contribution in [-0.2, 0) is 0 Å². The minimum atomic E-state index is -4.17. The molecule has 0 aliphatic heterocycles. The molecule has 0 unspecified atom stereocenters. The predicted molar refractivity (Wildman–Crippen MR) is 64.6 cm³/mol. The average Bonchev–Trinajstić information content (AvgIpc) is 2.14. The Morgan fingerprint density at radius 3 is 2.29 bits per heavy atom. The molecule has 0 saturated carbocycles. The van der Waals surface area contributed by atoms with Crippen LogP contribution in [0.4, 0.5) is 18.9 Å². The van der Waals surface area contributed by atoms with Crippen molar-refractivity contribution in [3.05, 3.63) is 29.3 Å². The number of benzene rings is 1. The molecule has 17 heavy (non-hydrogen) atoms. The van der Waals surface area contributed by atoms with Gasteiger partial charge < -0.3 is 4.90 Å². The van der Waals surface area contributed by atoms with Gasteiger partial charge in [0.1, 0.15) is 6.54 Å². The van der Waals surface area contributed by atoms with Crippen molar-refractivity contribution in [1.82, 2.24) is 0 Å². The zero-order valence-corrected chi connectivity index (χ0v) is 10.6. The van der Waals surface area contributed by atoms with Crippen LogP contribution < -0.4 is 4.90 Å². The van der Waals surface area contributed by atoms with E-state index >= 15 is 0 Å². The van der Waals surface area contributed by atoms with Crippen molar-refractivity contribution in [2.75, 3.05) is 18.5 Å². The Labute approximate surface area is 100 Å². The van der Waals surface area contributed by atoms with E-state index in [2.05, 4.69) is 0 Å². The minimum Gasteiger partial charge on any atom is -0.365 e. The average molecular weight is 245 g/mol. The summed E-state index contributed by atoms with van der Waals surface area (Å²) in [7, 11) is 1.47. The van der Waals surface area contributed by atoms with Crippen LogP contribution in [-0.4, -0.2) is 19.8 Å². The summed E-state index contributed by atoms with van der Waals surface area (Å²) in [6.07, 6.45) is -4.17. The lowest BCUT2D eigenvalue weighted by molar-refractivity contribution is -0.119. The molecule has 0 bridgehead atoms. The number of rotatable bonds is 3. The molecule has 1 nitrogen and oxygen atoms in total. The molecule has 0 amide bonds. The summed E-state index contributed by atoms with van der Waals surface area (Å²) >= 11 is 0. The first-order chi connectivity index (χ1) is 7.70. The topological polar surface area (TPSA) is 3.24 Å². The standard InChI is InChI=1S/C13H18F3N/c1-9(2)11-6-5-10(3)12(7-11)17(4)8-13(14,15)16/h5-7,9H,8H2,1-4H3. The van der Waals surface area contributed by atoms with Gasteiger partial charge in [0, 0.05) is 12.7 Å². The number of aryl methyl sites for hydroxylation is 1. The highest BCUT2D eigenvalue weighted by Gasteiger charge is 2.29. The minimum absolute atomic E-state index is 0.314. The molecule has 0 aliphatic carbocycles. The Morgan fingerprint density at radius 1 is 1.24 bits per heavy atom. The summed E-state index contributed by atoms with van der Waals surface area (Å²) in [5.41, 5.74) is 2.56. The molecule has 1 aromatic carbocycles. The van der Waals surface area contributed by atoms with Gasteiger partial charge in [0.25, 0.3) is 0 Å². The summed E-state index contributed by atoms with van der Waals surface area (Å²) in [6, 6.07) is 5.67. The van der Waals surface area contributed by atoms with Crippen molar-refractivity contribution in [3.63, 3.8) is 0 Å². The molecule has 1 rings (SSSR count). The molecule has 1 aromatic rings. The molecule has 0 fully saturated rings. The van der Waals surface area contributed by atoms with E-state index in [0.29, 0.717) is 11.6 Å². The molecule has 0 spiro atoms. The van der Waals surface area contributed by atoms with Crippen molar-refractivity contribution in [3.8, 4) is 0 Å². The fraction of sp³-hybridized carbons (Fsp3) is 0.538. The fourth-order valence-electron chi connectivity index (χ4n) is 1.75. The maximum absolute atomic E-state index is 12.3. The predicted octanol–water partition coefficient (Wildman–Crippen LogP) is 4.12. The molecule has 0 heterocycles. The molecule has 0 aromatic heterocycles. The van der Waals surface area contributed by atoms with Crippen molar-refractivity contribution < 1.29 is 13.2 Å². The highest BCUT2D eigenvalue weighted by Crippen LogP contribution is 2.27. The molecule has 0 N–H and O–H groups in total. The highest BCUT2D eigenvalue weighted by atomic mass is 19.4. The first-order valence-corrected chi connectivity index (χ1v) is 5.59. The Kier molecular flexibility index (Phi) is 4.07. The second-order valence-corrected chi connectivity index (χ2v) is 4.67. The molecule has 96 valence electrons. The van der Waals surface area contributed by atoms with E-state index < -0.39 is 12.7 Å². The number of halogens is 3. The van der Waals surface area contributed by atoms with Gasteiger partial charge >= 0.3 is 6.18 Å². The third-order valence-corrected chi connectivity index (χ3v) is 2.73. The van der Waals surface area contributed by atoms with Crippen LogP contribution in [0, 0.1) is 6.92 Å². The van der Waals surface area contributed by atoms with Gasteiger partial charge in [-0.05, 0) is 30.0 Å². The number of hydrogen-bond acceptors (Lipinski definition) is 1. The molecule has 0 atom stereocenters. The van der Waals surface area contributed by atoms with Gasteiger partial charge in [0.2, 0.25) is 0 Å². The second-order valence-electron chi connectivity index (χ2n) is 4.67. The summed E-state index contributed by atoms with van der Waals surface area (Å²) in [5, 5.41) is 0. The molecule has 4 heteroatoms. The highest BCUT2D eigenvalue weighted by molar-refractivity contribution is 5.55. The molecule has 0 radical (unpaired) electrons. The lowest BCUT2D eigenvalue weighted by Crippen LogP contribution is -2.31. The van der Waals surface area contributed by atoms with E-state index in [1.165, 1.54) is 11.9 Å². The van der Waals surface area contributed by atoms with Gasteiger partial charge in [-0.3, -0.25) is 0 Å². The summed E-state index contributed by atoms with van der Waals surface area (Å²) < 4.78 is 37.0. The molecular formula is C13H18F3N. The number of hydrogen-bond donors (Lipinski definition) is 0. The Balaban J connectivity index is 2.99. The largest absolute Gasteiger partial charge is 0.405 e. The van der Waals surface area contributed by atoms with Gasteiger partial charge in [0.15, 0.2) is 0 Å². The quantitative estimate of drug-likeness (QED) is 0.774. The second kappa shape index (κ2) is 4.98. The van der Waals surface area contributed by atoms with Gasteiger partial charge in [-0.25, -0.2) is 0 Å². The van der Waals surface area contributed by atoms with Gasteiger partial charge in [-0.15, -0.1) is 0 Å². The van der Waals surface area contributed by atoms with E-state index in [-0.39, 0.29) is 0 Å². The van der Waals surface area contributed by atoms with Crippen molar-refractivity contribution in [2.24, 2.45) is 0 Å². The SMILES string of the molecule is Cc1ccc(C(C)C)cc1N(C)CC(F)(F)F. The summed E-state index contributed by atoms with van der Waals surface area (Å²) in [5.74, 6) is 0.314. The van der Waals surface area contributed by atoms with Crippen LogP contribution in [0.5, 0.6) is 0 Å². The number of anilines is 1. The molecular weight excluding hydrogens is 227 g/mol. The van der Waals surface area contributed by atoms with Gasteiger partial charge in [-0.1, -0.05) is 26.0 Å². The van der Waals surface area contributed by atoms with Crippen LogP contribution >= 0.6 is 0 Å². The summed E-state index contributed by atoms with van der Waals surface area (Å²) in [4.78, 5) is 1.25. The Bertz CT molecular complexity index is 383. The van der Waals surface area contributed by atoms with Crippen LogP contribution in [0.25, 0.3) is 0 Å². The maximum Gasteiger partial charge on any atom is 0.405 e. The Hall–Kier alpha value is -1.19. The Morgan fingerprint density at radius 2 is 1.82 bits per heavy atom. The number of nitrogens with zero attached hydrogens (tertiary/aromatic N) is 1.